The van der Waals surface area contributed by atoms with E-state index in [1.54, 1.807) is 29.8 Å². The van der Waals surface area contributed by atoms with Crippen molar-refractivity contribution < 1.29 is 4.74 Å². The van der Waals surface area contributed by atoms with Gasteiger partial charge in [0.25, 0.3) is 5.56 Å². The molecule has 0 spiro atoms. The van der Waals surface area contributed by atoms with E-state index in [2.05, 4.69) is 20.4 Å². The van der Waals surface area contributed by atoms with Gasteiger partial charge in [0, 0.05) is 11.6 Å². The summed E-state index contributed by atoms with van der Waals surface area (Å²) in [5, 5.41) is 8.57. The third-order valence-electron chi connectivity index (χ3n) is 4.66. The Morgan fingerprint density at radius 2 is 1.73 bits per heavy atom. The van der Waals surface area contributed by atoms with Crippen molar-refractivity contribution in [3.05, 3.63) is 83.3 Å². The number of ether oxygens (including phenoxy) is 1. The molecule has 146 valence electrons. The minimum absolute atomic E-state index is 0.290. The van der Waals surface area contributed by atoms with Gasteiger partial charge in [-0.3, -0.25) is 4.79 Å². The van der Waals surface area contributed by atoms with Crippen LogP contribution in [-0.2, 0) is 0 Å². The fourth-order valence-electron chi connectivity index (χ4n) is 3.25. The van der Waals surface area contributed by atoms with E-state index >= 15 is 0 Å². The average molecular weight is 396 g/mol. The largest absolute Gasteiger partial charge is 0.496 e. The summed E-state index contributed by atoms with van der Waals surface area (Å²) in [4.78, 5) is 25.5. The van der Waals surface area contributed by atoms with Crippen molar-refractivity contribution in [3.8, 4) is 17.1 Å². The van der Waals surface area contributed by atoms with Gasteiger partial charge in [-0.15, -0.1) is 5.10 Å². The molecule has 0 saturated carbocycles. The number of rotatable bonds is 4. The number of hydrogen-bond acceptors (Lipinski definition) is 7. The Hall–Kier alpha value is -4.33. The van der Waals surface area contributed by atoms with Gasteiger partial charge in [-0.05, 0) is 36.4 Å². The molecule has 0 aliphatic heterocycles. The summed E-state index contributed by atoms with van der Waals surface area (Å²) in [6.07, 6.45) is 1.45. The Morgan fingerprint density at radius 1 is 0.933 bits per heavy atom. The van der Waals surface area contributed by atoms with Crippen molar-refractivity contribution in [2.24, 2.45) is 0 Å². The molecule has 2 aromatic carbocycles. The smallest absolute Gasteiger partial charge is 0.293 e. The predicted molar refractivity (Wildman–Crippen MR) is 114 cm³/mol. The highest BCUT2D eigenvalue weighted by atomic mass is 16.5. The second kappa shape index (κ2) is 7.25. The van der Waals surface area contributed by atoms with Gasteiger partial charge in [0.05, 0.1) is 18.2 Å². The number of nitrogens with one attached hydrogen (secondary N) is 1. The average Bonchev–Trinajstić information content (AvgIpc) is 3.14. The normalized spacial score (nSPS) is 11.0. The first-order valence-corrected chi connectivity index (χ1v) is 9.26. The molecule has 0 unspecified atom stereocenters. The van der Waals surface area contributed by atoms with Crippen molar-refractivity contribution >= 4 is 28.2 Å². The summed E-state index contributed by atoms with van der Waals surface area (Å²) in [7, 11) is 1.61. The molecule has 5 rings (SSSR count). The van der Waals surface area contributed by atoms with Gasteiger partial charge in [0.15, 0.2) is 11.5 Å². The van der Waals surface area contributed by atoms with Gasteiger partial charge in [0.2, 0.25) is 5.95 Å². The highest BCUT2D eigenvalue weighted by molar-refractivity contribution is 5.93. The monoisotopic (exact) mass is 396 g/mol. The lowest BCUT2D eigenvalue weighted by Gasteiger charge is -2.07. The Labute approximate surface area is 170 Å². The number of nitrogens with zero attached hydrogens (tertiary/aromatic N) is 5. The molecule has 0 bridgehead atoms. The molecular weight excluding hydrogens is 380 g/mol. The number of hydrogen-bond donors (Lipinski definition) is 1. The van der Waals surface area contributed by atoms with Crippen LogP contribution in [0.1, 0.15) is 0 Å². The van der Waals surface area contributed by atoms with Crippen molar-refractivity contribution in [2.75, 3.05) is 12.4 Å². The fourth-order valence-corrected chi connectivity index (χ4v) is 3.25. The number of aromatic nitrogens is 5. The molecule has 0 saturated heterocycles. The SMILES string of the molecule is COc1ccccc1-c1nc2c3ccccc3nc(Nc3ccccnc3=O)n2n1. The first-order chi connectivity index (χ1) is 14.7. The second-order valence-corrected chi connectivity index (χ2v) is 6.50. The van der Waals surface area contributed by atoms with Crippen LogP contribution >= 0.6 is 0 Å². The van der Waals surface area contributed by atoms with Crippen LogP contribution in [0.5, 0.6) is 5.75 Å². The van der Waals surface area contributed by atoms with E-state index in [1.807, 2.05) is 48.5 Å². The van der Waals surface area contributed by atoms with Crippen LogP contribution in [0.15, 0.2) is 77.7 Å². The summed E-state index contributed by atoms with van der Waals surface area (Å²) < 4.78 is 7.06. The number of benzene rings is 2. The van der Waals surface area contributed by atoms with Crippen LogP contribution in [0.4, 0.5) is 11.6 Å². The van der Waals surface area contributed by atoms with Crippen molar-refractivity contribution in [1.82, 2.24) is 24.6 Å². The molecule has 0 atom stereocenters. The predicted octanol–water partition coefficient (Wildman–Crippen LogP) is 3.45. The maximum Gasteiger partial charge on any atom is 0.293 e. The first kappa shape index (κ1) is 17.7. The Kier molecular flexibility index (Phi) is 4.29. The minimum atomic E-state index is -0.395. The van der Waals surface area contributed by atoms with E-state index in [0.717, 1.165) is 16.5 Å². The summed E-state index contributed by atoms with van der Waals surface area (Å²) >= 11 is 0. The van der Waals surface area contributed by atoms with Crippen LogP contribution in [0, 0.1) is 0 Å². The molecular formula is C22H16N6O2. The lowest BCUT2D eigenvalue weighted by molar-refractivity contribution is 0.416. The van der Waals surface area contributed by atoms with Crippen molar-refractivity contribution in [2.45, 2.75) is 0 Å². The lowest BCUT2D eigenvalue weighted by Crippen LogP contribution is -2.11. The van der Waals surface area contributed by atoms with Crippen molar-refractivity contribution in [3.63, 3.8) is 0 Å². The molecule has 8 heteroatoms. The number of methoxy groups -OCH3 is 1. The van der Waals surface area contributed by atoms with Gasteiger partial charge in [-0.2, -0.15) is 4.52 Å². The molecule has 3 heterocycles. The number of para-hydroxylation sites is 2. The fraction of sp³-hybridized carbons (Fsp3) is 0.0455. The van der Waals surface area contributed by atoms with E-state index in [4.69, 9.17) is 9.72 Å². The lowest BCUT2D eigenvalue weighted by atomic mass is 10.2. The third kappa shape index (κ3) is 3.00. The molecule has 30 heavy (non-hydrogen) atoms. The second-order valence-electron chi connectivity index (χ2n) is 6.50. The molecule has 0 amide bonds. The maximum atomic E-state index is 12.3. The zero-order valence-electron chi connectivity index (χ0n) is 16.0. The van der Waals surface area contributed by atoms with Crippen molar-refractivity contribution in [1.29, 1.82) is 0 Å². The van der Waals surface area contributed by atoms with Crippen LogP contribution < -0.4 is 15.6 Å². The topological polar surface area (TPSA) is 94.3 Å². The Balaban J connectivity index is 1.77. The van der Waals surface area contributed by atoms with E-state index in [-0.39, 0.29) is 0 Å². The number of anilines is 2. The van der Waals surface area contributed by atoms with Crippen LogP contribution in [0.3, 0.4) is 0 Å². The van der Waals surface area contributed by atoms with Gasteiger partial charge in [-0.25, -0.2) is 15.0 Å². The Morgan fingerprint density at radius 3 is 2.63 bits per heavy atom. The standard InChI is InChI=1S/C22H16N6O2/c1-30-18-12-5-3-9-15(18)19-26-20-14-8-2-4-10-16(14)24-22(28(20)27-19)25-17-11-6-7-13-23-21(17)29/h2-13H,1H3,(H,23,24,25,29). The molecule has 0 aliphatic carbocycles. The minimum Gasteiger partial charge on any atom is -0.496 e. The van der Waals surface area contributed by atoms with E-state index in [0.29, 0.717) is 28.9 Å². The van der Waals surface area contributed by atoms with E-state index < -0.39 is 5.56 Å². The molecule has 3 aromatic heterocycles. The van der Waals surface area contributed by atoms with Crippen LogP contribution in [-0.4, -0.2) is 31.7 Å². The molecule has 0 fully saturated rings. The summed E-state index contributed by atoms with van der Waals surface area (Å²) in [5.41, 5.74) is 2.00. The third-order valence-corrected chi connectivity index (χ3v) is 4.66. The van der Waals surface area contributed by atoms with Gasteiger partial charge >= 0.3 is 0 Å². The quantitative estimate of drug-likeness (QED) is 0.497. The van der Waals surface area contributed by atoms with Gasteiger partial charge in [-0.1, -0.05) is 30.3 Å². The first-order valence-electron chi connectivity index (χ1n) is 9.26. The molecule has 0 radical (unpaired) electrons. The van der Waals surface area contributed by atoms with E-state index in [1.165, 1.54) is 6.20 Å². The summed E-state index contributed by atoms with van der Waals surface area (Å²) in [6.45, 7) is 0. The van der Waals surface area contributed by atoms with E-state index in [9.17, 15) is 4.79 Å². The molecule has 0 aliphatic rings. The number of fused-ring (bicyclic) bond motifs is 3. The van der Waals surface area contributed by atoms with Gasteiger partial charge in [0.1, 0.15) is 11.4 Å². The highest BCUT2D eigenvalue weighted by Gasteiger charge is 2.17. The summed E-state index contributed by atoms with van der Waals surface area (Å²) in [5.74, 6) is 1.52. The van der Waals surface area contributed by atoms with Gasteiger partial charge < -0.3 is 10.1 Å². The Bertz CT molecular complexity index is 1450. The van der Waals surface area contributed by atoms with Crippen LogP contribution in [0.2, 0.25) is 0 Å². The summed E-state index contributed by atoms with van der Waals surface area (Å²) in [6, 6.07) is 20.3. The van der Waals surface area contributed by atoms with Crippen LogP contribution in [0.25, 0.3) is 27.9 Å². The molecule has 5 aromatic rings. The zero-order chi connectivity index (χ0) is 20.5. The molecule has 1 N–H and O–H groups in total. The molecule has 8 nitrogen and oxygen atoms in total. The zero-order valence-corrected chi connectivity index (χ0v) is 16.0. The maximum absolute atomic E-state index is 12.3. The highest BCUT2D eigenvalue weighted by Crippen LogP contribution is 2.30.